The third-order valence-electron chi connectivity index (χ3n) is 3.83. The molecule has 2 atom stereocenters. The minimum Gasteiger partial charge on any atom is -0.390 e. The zero-order chi connectivity index (χ0) is 16.1. The lowest BCUT2D eigenvalue weighted by Gasteiger charge is -2.24. The SMILES string of the molecule is CN(Cc1ccc(S(C)=O)cc1)CC(O)CN1CCCC1=O. The second kappa shape index (κ2) is 7.85. The summed E-state index contributed by atoms with van der Waals surface area (Å²) in [6.45, 7) is 2.40. The van der Waals surface area contributed by atoms with Crippen molar-refractivity contribution >= 4 is 16.7 Å². The maximum Gasteiger partial charge on any atom is 0.222 e. The van der Waals surface area contributed by atoms with Crippen molar-refractivity contribution in [2.45, 2.75) is 30.4 Å². The van der Waals surface area contributed by atoms with Gasteiger partial charge in [-0.3, -0.25) is 13.9 Å². The fraction of sp³-hybridized carbons (Fsp3) is 0.562. The van der Waals surface area contributed by atoms with Crippen LogP contribution in [0.2, 0.25) is 0 Å². The summed E-state index contributed by atoms with van der Waals surface area (Å²) in [5, 5.41) is 10.1. The van der Waals surface area contributed by atoms with Gasteiger partial charge in [0.25, 0.3) is 0 Å². The van der Waals surface area contributed by atoms with Gasteiger partial charge in [0.2, 0.25) is 5.91 Å². The van der Waals surface area contributed by atoms with Crippen LogP contribution in [0.15, 0.2) is 29.2 Å². The molecule has 1 saturated heterocycles. The van der Waals surface area contributed by atoms with E-state index >= 15 is 0 Å². The van der Waals surface area contributed by atoms with E-state index in [-0.39, 0.29) is 5.91 Å². The largest absolute Gasteiger partial charge is 0.390 e. The molecule has 1 fully saturated rings. The van der Waals surface area contributed by atoms with Crippen LogP contribution in [-0.4, -0.2) is 64.1 Å². The smallest absolute Gasteiger partial charge is 0.222 e. The molecule has 0 radical (unpaired) electrons. The molecule has 5 nitrogen and oxygen atoms in total. The lowest BCUT2D eigenvalue weighted by Crippen LogP contribution is -2.39. The number of aliphatic hydroxyl groups is 1. The fourth-order valence-corrected chi connectivity index (χ4v) is 3.25. The van der Waals surface area contributed by atoms with Crippen LogP contribution in [0.1, 0.15) is 18.4 Å². The van der Waals surface area contributed by atoms with Gasteiger partial charge in [-0.25, -0.2) is 0 Å². The number of likely N-dealkylation sites (tertiary alicyclic amines) is 1. The Hall–Kier alpha value is -1.24. The zero-order valence-electron chi connectivity index (χ0n) is 13.2. The molecule has 0 spiro atoms. The van der Waals surface area contributed by atoms with Gasteiger partial charge in [-0.2, -0.15) is 0 Å². The highest BCUT2D eigenvalue weighted by Gasteiger charge is 2.22. The third kappa shape index (κ3) is 4.90. The molecule has 1 aliphatic heterocycles. The Labute approximate surface area is 134 Å². The predicted octanol–water partition coefficient (Wildman–Crippen LogP) is 0.839. The molecule has 0 aliphatic carbocycles. The summed E-state index contributed by atoms with van der Waals surface area (Å²) in [5.74, 6) is 0.143. The van der Waals surface area contributed by atoms with E-state index in [9.17, 15) is 14.1 Å². The van der Waals surface area contributed by atoms with E-state index in [0.29, 0.717) is 26.1 Å². The highest BCUT2D eigenvalue weighted by Crippen LogP contribution is 2.12. The Kier molecular flexibility index (Phi) is 6.11. The lowest BCUT2D eigenvalue weighted by molar-refractivity contribution is -0.129. The van der Waals surface area contributed by atoms with Crippen LogP contribution in [-0.2, 0) is 22.1 Å². The summed E-state index contributed by atoms with van der Waals surface area (Å²) >= 11 is 0. The van der Waals surface area contributed by atoms with Gasteiger partial charge in [-0.15, -0.1) is 0 Å². The van der Waals surface area contributed by atoms with Gasteiger partial charge < -0.3 is 10.0 Å². The van der Waals surface area contributed by atoms with Crippen molar-refractivity contribution in [1.29, 1.82) is 0 Å². The van der Waals surface area contributed by atoms with E-state index in [0.717, 1.165) is 23.4 Å². The Balaban J connectivity index is 1.80. The number of aliphatic hydroxyl groups excluding tert-OH is 1. The third-order valence-corrected chi connectivity index (χ3v) is 4.77. The van der Waals surface area contributed by atoms with Gasteiger partial charge in [0.1, 0.15) is 0 Å². The van der Waals surface area contributed by atoms with Crippen molar-refractivity contribution in [1.82, 2.24) is 9.80 Å². The summed E-state index contributed by atoms with van der Waals surface area (Å²) < 4.78 is 11.4. The Morgan fingerprint density at radius 3 is 2.59 bits per heavy atom. The summed E-state index contributed by atoms with van der Waals surface area (Å²) in [7, 11) is 0.989. The Morgan fingerprint density at radius 1 is 1.36 bits per heavy atom. The van der Waals surface area contributed by atoms with Crippen LogP contribution in [0.5, 0.6) is 0 Å². The van der Waals surface area contributed by atoms with Gasteiger partial charge in [-0.05, 0) is 31.2 Å². The van der Waals surface area contributed by atoms with Gasteiger partial charge in [-0.1, -0.05) is 12.1 Å². The highest BCUT2D eigenvalue weighted by molar-refractivity contribution is 7.84. The van der Waals surface area contributed by atoms with Gasteiger partial charge in [0, 0.05) is 54.6 Å². The number of likely N-dealkylation sites (N-methyl/N-ethyl adjacent to an activating group) is 1. The lowest BCUT2D eigenvalue weighted by atomic mass is 10.2. The first-order chi connectivity index (χ1) is 10.5. The molecule has 1 aromatic rings. The topological polar surface area (TPSA) is 60.9 Å². The molecule has 1 aromatic carbocycles. The maximum atomic E-state index is 11.5. The monoisotopic (exact) mass is 324 g/mol. The fourth-order valence-electron chi connectivity index (χ4n) is 2.73. The maximum absolute atomic E-state index is 11.5. The second-order valence-electron chi connectivity index (χ2n) is 5.89. The molecule has 0 bridgehead atoms. The molecule has 1 aliphatic rings. The number of carbonyl (C=O) groups is 1. The summed E-state index contributed by atoms with van der Waals surface area (Å²) in [6, 6.07) is 7.67. The van der Waals surface area contributed by atoms with Crippen LogP contribution in [0.25, 0.3) is 0 Å². The van der Waals surface area contributed by atoms with Gasteiger partial charge in [0.15, 0.2) is 0 Å². The quantitative estimate of drug-likeness (QED) is 0.807. The van der Waals surface area contributed by atoms with Crippen LogP contribution in [0, 0.1) is 0 Å². The summed E-state index contributed by atoms with van der Waals surface area (Å²) in [5.41, 5.74) is 1.11. The second-order valence-corrected chi connectivity index (χ2v) is 7.27. The van der Waals surface area contributed by atoms with Gasteiger partial charge in [0.05, 0.1) is 6.10 Å². The zero-order valence-corrected chi connectivity index (χ0v) is 14.0. The molecule has 1 heterocycles. The molecule has 122 valence electrons. The Bertz CT molecular complexity index is 533. The van der Waals surface area contributed by atoms with E-state index in [1.807, 2.05) is 36.2 Å². The molecule has 0 saturated carbocycles. The summed E-state index contributed by atoms with van der Waals surface area (Å²) in [4.78, 5) is 16.1. The van der Waals surface area contributed by atoms with Crippen LogP contribution in [0.3, 0.4) is 0 Å². The van der Waals surface area contributed by atoms with Crippen molar-refractivity contribution in [3.63, 3.8) is 0 Å². The number of nitrogens with zero attached hydrogens (tertiary/aromatic N) is 2. The number of carbonyl (C=O) groups excluding carboxylic acids is 1. The van der Waals surface area contributed by atoms with Crippen molar-refractivity contribution in [3.05, 3.63) is 29.8 Å². The van der Waals surface area contributed by atoms with Crippen molar-refractivity contribution < 1.29 is 14.1 Å². The molecule has 22 heavy (non-hydrogen) atoms. The molecule has 2 rings (SSSR count). The van der Waals surface area contributed by atoms with E-state index in [1.165, 1.54) is 0 Å². The number of rotatable bonds is 7. The van der Waals surface area contributed by atoms with Crippen molar-refractivity contribution in [3.8, 4) is 0 Å². The number of hydrogen-bond acceptors (Lipinski definition) is 4. The number of amides is 1. The normalized spacial score (nSPS) is 18.0. The van der Waals surface area contributed by atoms with E-state index in [2.05, 4.69) is 0 Å². The van der Waals surface area contributed by atoms with E-state index in [4.69, 9.17) is 0 Å². The molecule has 2 unspecified atom stereocenters. The molecule has 6 heteroatoms. The van der Waals surface area contributed by atoms with Crippen molar-refractivity contribution in [2.75, 3.05) is 32.9 Å². The Morgan fingerprint density at radius 2 is 2.05 bits per heavy atom. The first-order valence-electron chi connectivity index (χ1n) is 7.52. The highest BCUT2D eigenvalue weighted by atomic mass is 32.2. The molecule has 1 amide bonds. The van der Waals surface area contributed by atoms with Crippen LogP contribution >= 0.6 is 0 Å². The standard InChI is InChI=1S/C16H24N2O3S/c1-17(10-13-5-7-15(8-6-13)22(2)21)11-14(19)12-18-9-3-4-16(18)20/h5-8,14,19H,3-4,9-12H2,1-2H3. The first-order valence-corrected chi connectivity index (χ1v) is 9.08. The van der Waals surface area contributed by atoms with Crippen molar-refractivity contribution in [2.24, 2.45) is 0 Å². The van der Waals surface area contributed by atoms with E-state index < -0.39 is 16.9 Å². The molecule has 1 N–H and O–H groups in total. The first kappa shape index (κ1) is 17.1. The van der Waals surface area contributed by atoms with Gasteiger partial charge >= 0.3 is 0 Å². The number of benzene rings is 1. The van der Waals surface area contributed by atoms with Crippen LogP contribution < -0.4 is 0 Å². The van der Waals surface area contributed by atoms with E-state index in [1.54, 1.807) is 11.2 Å². The molecule has 0 aromatic heterocycles. The predicted molar refractivity (Wildman–Crippen MR) is 86.9 cm³/mol. The number of hydrogen-bond donors (Lipinski definition) is 1. The van der Waals surface area contributed by atoms with Crippen LogP contribution in [0.4, 0.5) is 0 Å². The molecular weight excluding hydrogens is 300 g/mol. The average Bonchev–Trinajstić information content (AvgIpc) is 2.84. The molecular formula is C16H24N2O3S. The number of β-amino-alcohol motifs (C(OH)–C–C–N with tert-alkyl or cyclic N) is 1. The minimum atomic E-state index is -0.957. The average molecular weight is 324 g/mol. The minimum absolute atomic E-state index is 0.143. The summed E-state index contributed by atoms with van der Waals surface area (Å²) in [6.07, 6.45) is 2.63.